The lowest BCUT2D eigenvalue weighted by atomic mass is 10.0. The van der Waals surface area contributed by atoms with Crippen molar-refractivity contribution in [3.05, 3.63) is 57.2 Å². The van der Waals surface area contributed by atoms with E-state index >= 15 is 0 Å². The number of carbonyl (C=O) groups is 2. The van der Waals surface area contributed by atoms with Gasteiger partial charge in [0, 0.05) is 31.7 Å². The summed E-state index contributed by atoms with van der Waals surface area (Å²) in [5.41, 5.74) is 0.928. The Bertz CT molecular complexity index is 755. The number of likely N-dealkylation sites (N-methyl/N-ethyl adjacent to an activating group) is 1. The lowest BCUT2D eigenvalue weighted by Crippen LogP contribution is -2.51. The summed E-state index contributed by atoms with van der Waals surface area (Å²) in [7, 11) is 1.66. The number of carbonyl (C=O) groups excluding carboxylic acids is 2. The van der Waals surface area contributed by atoms with E-state index in [2.05, 4.69) is 5.32 Å². The lowest BCUT2D eigenvalue weighted by molar-refractivity contribution is -0.135. The molecule has 1 N–H and O–H groups in total. The number of piperazine rings is 1. The van der Waals surface area contributed by atoms with Crippen molar-refractivity contribution in [3.63, 3.8) is 0 Å². The van der Waals surface area contributed by atoms with Gasteiger partial charge in [0.05, 0.1) is 17.5 Å². The molecule has 1 unspecified atom stereocenters. The highest BCUT2D eigenvalue weighted by molar-refractivity contribution is 7.12. The molecule has 140 valence electrons. The maximum absolute atomic E-state index is 12.8. The van der Waals surface area contributed by atoms with E-state index in [-0.39, 0.29) is 36.8 Å². The second-order valence-corrected chi connectivity index (χ2v) is 7.32. The molecule has 1 fully saturated rings. The Labute approximate surface area is 168 Å². The maximum atomic E-state index is 12.8. The fourth-order valence-corrected chi connectivity index (χ4v) is 3.96. The predicted octanol–water partition coefficient (Wildman–Crippen LogP) is 3.07. The molecule has 1 aliphatic rings. The van der Waals surface area contributed by atoms with E-state index in [4.69, 9.17) is 11.6 Å². The van der Waals surface area contributed by atoms with Crippen LogP contribution in [0.3, 0.4) is 0 Å². The van der Waals surface area contributed by atoms with Gasteiger partial charge in [-0.05, 0) is 23.1 Å². The summed E-state index contributed by atoms with van der Waals surface area (Å²) >= 11 is 7.70. The molecule has 0 saturated carbocycles. The zero-order valence-corrected chi connectivity index (χ0v) is 16.7. The molecule has 2 aromatic rings. The van der Waals surface area contributed by atoms with Crippen LogP contribution in [-0.4, -0.2) is 54.8 Å². The van der Waals surface area contributed by atoms with Crippen LogP contribution in [0.25, 0.3) is 0 Å². The molecular formula is C18H21Cl2N3O2S. The quantitative estimate of drug-likeness (QED) is 0.837. The van der Waals surface area contributed by atoms with Crippen molar-refractivity contribution in [1.82, 2.24) is 15.1 Å². The highest BCUT2D eigenvalue weighted by Gasteiger charge is 2.30. The van der Waals surface area contributed by atoms with Crippen molar-refractivity contribution in [2.45, 2.75) is 6.04 Å². The molecular weight excluding hydrogens is 393 g/mol. The lowest BCUT2D eigenvalue weighted by Gasteiger charge is -2.37. The van der Waals surface area contributed by atoms with Crippen LogP contribution in [0.1, 0.15) is 21.3 Å². The van der Waals surface area contributed by atoms with Gasteiger partial charge in [-0.3, -0.25) is 9.59 Å². The summed E-state index contributed by atoms with van der Waals surface area (Å²) in [6, 6.07) is 11.1. The Morgan fingerprint density at radius 2 is 2.08 bits per heavy atom. The molecule has 1 aromatic heterocycles. The minimum atomic E-state index is -0.132. The van der Waals surface area contributed by atoms with Crippen LogP contribution in [-0.2, 0) is 4.79 Å². The Morgan fingerprint density at radius 3 is 2.77 bits per heavy atom. The van der Waals surface area contributed by atoms with Crippen molar-refractivity contribution < 1.29 is 9.59 Å². The Hall–Kier alpha value is -1.60. The molecule has 26 heavy (non-hydrogen) atoms. The van der Waals surface area contributed by atoms with E-state index in [1.165, 1.54) is 16.2 Å². The summed E-state index contributed by atoms with van der Waals surface area (Å²) < 4.78 is 0. The van der Waals surface area contributed by atoms with Gasteiger partial charge >= 0.3 is 0 Å². The largest absolute Gasteiger partial charge is 0.332 e. The molecule has 2 heterocycles. The average Bonchev–Trinajstić information content (AvgIpc) is 3.16. The monoisotopic (exact) mass is 413 g/mol. The van der Waals surface area contributed by atoms with Gasteiger partial charge in [-0.1, -0.05) is 35.9 Å². The summed E-state index contributed by atoms with van der Waals surface area (Å²) in [4.78, 5) is 29.1. The number of hydrogen-bond acceptors (Lipinski definition) is 4. The number of amides is 2. The first-order chi connectivity index (χ1) is 12.1. The Morgan fingerprint density at radius 1 is 1.31 bits per heavy atom. The molecule has 5 nitrogen and oxygen atoms in total. The minimum absolute atomic E-state index is 0. The topological polar surface area (TPSA) is 52.7 Å². The number of halogens is 2. The molecule has 0 radical (unpaired) electrons. The van der Waals surface area contributed by atoms with Crippen LogP contribution in [0, 0.1) is 0 Å². The van der Waals surface area contributed by atoms with E-state index in [0.717, 1.165) is 12.1 Å². The van der Waals surface area contributed by atoms with Gasteiger partial charge in [-0.2, -0.15) is 0 Å². The van der Waals surface area contributed by atoms with Gasteiger partial charge in [0.1, 0.15) is 0 Å². The number of rotatable bonds is 4. The third-order valence-electron chi connectivity index (χ3n) is 4.28. The number of nitrogens with one attached hydrogen (secondary N) is 1. The number of nitrogens with zero attached hydrogens (tertiary/aromatic N) is 2. The molecule has 0 aliphatic carbocycles. The van der Waals surface area contributed by atoms with Crippen molar-refractivity contribution in [2.75, 3.05) is 33.2 Å². The van der Waals surface area contributed by atoms with Gasteiger partial charge in [0.25, 0.3) is 5.91 Å². The number of hydrogen-bond donors (Lipinski definition) is 1. The van der Waals surface area contributed by atoms with Crippen LogP contribution in [0.5, 0.6) is 0 Å². The molecule has 3 rings (SSSR count). The first kappa shape index (κ1) is 20.7. The third kappa shape index (κ3) is 4.57. The van der Waals surface area contributed by atoms with E-state index in [0.29, 0.717) is 23.0 Å². The SMILES string of the molecule is CN(CC(=O)N1CCNCC1c1ccccc1Cl)C(=O)c1cccs1.Cl. The average molecular weight is 414 g/mol. The molecule has 0 spiro atoms. The smallest absolute Gasteiger partial charge is 0.264 e. The zero-order valence-electron chi connectivity index (χ0n) is 14.4. The zero-order chi connectivity index (χ0) is 17.8. The van der Waals surface area contributed by atoms with Crippen LogP contribution in [0.15, 0.2) is 41.8 Å². The van der Waals surface area contributed by atoms with E-state index in [1.54, 1.807) is 13.1 Å². The summed E-state index contributed by atoms with van der Waals surface area (Å²) in [5.74, 6) is -0.202. The summed E-state index contributed by atoms with van der Waals surface area (Å²) in [6.07, 6.45) is 0. The standard InChI is InChI=1S/C18H20ClN3O2S.ClH/c1-21(18(24)16-7-4-10-25-16)12-17(23)22-9-8-20-11-15(22)13-5-2-3-6-14(13)19;/h2-7,10,15,20H,8-9,11-12H2,1H3;1H. The Balaban J connectivity index is 0.00000243. The van der Waals surface area contributed by atoms with Crippen molar-refractivity contribution in [3.8, 4) is 0 Å². The highest BCUT2D eigenvalue weighted by Crippen LogP contribution is 2.28. The van der Waals surface area contributed by atoms with Gasteiger partial charge in [-0.15, -0.1) is 23.7 Å². The van der Waals surface area contributed by atoms with E-state index in [9.17, 15) is 9.59 Å². The second-order valence-electron chi connectivity index (χ2n) is 5.97. The minimum Gasteiger partial charge on any atom is -0.332 e. The molecule has 1 aromatic carbocycles. The number of thiophene rings is 1. The molecule has 2 amide bonds. The number of benzene rings is 1. The first-order valence-electron chi connectivity index (χ1n) is 8.11. The predicted molar refractivity (Wildman–Crippen MR) is 107 cm³/mol. The highest BCUT2D eigenvalue weighted by atomic mass is 35.5. The maximum Gasteiger partial charge on any atom is 0.264 e. The van der Waals surface area contributed by atoms with Crippen LogP contribution in [0.4, 0.5) is 0 Å². The van der Waals surface area contributed by atoms with Gasteiger partial charge in [0.15, 0.2) is 0 Å². The van der Waals surface area contributed by atoms with Crippen molar-refractivity contribution >= 4 is 47.2 Å². The molecule has 1 atom stereocenters. The Kier molecular flexibility index (Phi) is 7.46. The third-order valence-corrected chi connectivity index (χ3v) is 5.48. The molecule has 0 bridgehead atoms. The fraction of sp³-hybridized carbons (Fsp3) is 0.333. The normalized spacial score (nSPS) is 16.7. The van der Waals surface area contributed by atoms with Gasteiger partial charge < -0.3 is 15.1 Å². The fourth-order valence-electron chi connectivity index (χ4n) is 2.98. The molecule has 8 heteroatoms. The molecule has 1 saturated heterocycles. The van der Waals surface area contributed by atoms with E-state index in [1.807, 2.05) is 40.6 Å². The van der Waals surface area contributed by atoms with E-state index < -0.39 is 0 Å². The van der Waals surface area contributed by atoms with Gasteiger partial charge in [-0.25, -0.2) is 0 Å². The van der Waals surface area contributed by atoms with Gasteiger partial charge in [0.2, 0.25) is 5.91 Å². The van der Waals surface area contributed by atoms with Crippen molar-refractivity contribution in [1.29, 1.82) is 0 Å². The first-order valence-corrected chi connectivity index (χ1v) is 9.37. The summed E-state index contributed by atoms with van der Waals surface area (Å²) in [5, 5.41) is 5.82. The molecule has 1 aliphatic heterocycles. The van der Waals surface area contributed by atoms with Crippen LogP contribution < -0.4 is 5.32 Å². The van der Waals surface area contributed by atoms with Crippen molar-refractivity contribution in [2.24, 2.45) is 0 Å². The van der Waals surface area contributed by atoms with Crippen LogP contribution in [0.2, 0.25) is 5.02 Å². The summed E-state index contributed by atoms with van der Waals surface area (Å²) in [6.45, 7) is 2.03. The second kappa shape index (κ2) is 9.37. The van der Waals surface area contributed by atoms with Crippen LogP contribution >= 0.6 is 35.3 Å².